The molecule has 0 saturated heterocycles. The first-order valence-electron chi connectivity index (χ1n) is 4.73. The van der Waals surface area contributed by atoms with Crippen LogP contribution in [0.2, 0.25) is 0 Å². The third-order valence-corrected chi connectivity index (χ3v) is 4.57. The van der Waals surface area contributed by atoms with E-state index in [9.17, 15) is 8.42 Å². The Morgan fingerprint density at radius 3 is 2.21 bits per heavy atom. The third kappa shape index (κ3) is 4.93. The number of ether oxygens (including phenoxy) is 1. The van der Waals surface area contributed by atoms with Crippen molar-refractivity contribution in [3.05, 3.63) is 0 Å². The van der Waals surface area contributed by atoms with Crippen LogP contribution < -0.4 is 5.32 Å². The Hall–Kier alpha value is -0.130. The zero-order valence-electron chi connectivity index (χ0n) is 9.46. The molecule has 0 aliphatic rings. The maximum Gasteiger partial charge on any atom is 0.156 e. The Morgan fingerprint density at radius 1 is 1.21 bits per heavy atom. The number of sulfone groups is 1. The summed E-state index contributed by atoms with van der Waals surface area (Å²) in [7, 11) is -1.37. The van der Waals surface area contributed by atoms with Crippen molar-refractivity contribution in [1.29, 1.82) is 0 Å². The van der Waals surface area contributed by atoms with Crippen LogP contribution in [-0.2, 0) is 14.6 Å². The van der Waals surface area contributed by atoms with Gasteiger partial charge >= 0.3 is 0 Å². The van der Waals surface area contributed by atoms with Crippen molar-refractivity contribution in [2.45, 2.75) is 25.5 Å². The van der Waals surface area contributed by atoms with Gasteiger partial charge in [-0.3, -0.25) is 0 Å². The summed E-state index contributed by atoms with van der Waals surface area (Å²) in [5.41, 5.74) is 0. The van der Waals surface area contributed by atoms with Crippen LogP contribution in [0.3, 0.4) is 0 Å². The highest BCUT2D eigenvalue weighted by molar-refractivity contribution is 7.92. The Morgan fingerprint density at radius 2 is 1.79 bits per heavy atom. The lowest BCUT2D eigenvalue weighted by atomic mass is 10.3. The van der Waals surface area contributed by atoms with Crippen LogP contribution >= 0.6 is 0 Å². The quantitative estimate of drug-likeness (QED) is 0.664. The molecule has 0 unspecified atom stereocenters. The number of hydrogen-bond donors (Lipinski definition) is 1. The summed E-state index contributed by atoms with van der Waals surface area (Å²) >= 11 is 0. The molecule has 1 N–H and O–H groups in total. The lowest BCUT2D eigenvalue weighted by Crippen LogP contribution is -2.35. The van der Waals surface area contributed by atoms with Gasteiger partial charge in [0.25, 0.3) is 0 Å². The second-order valence-corrected chi connectivity index (χ2v) is 7.04. The van der Waals surface area contributed by atoms with Crippen molar-refractivity contribution in [2.75, 3.05) is 32.6 Å². The number of methoxy groups -OCH3 is 1. The molecular formula is C9H21NO3S. The summed E-state index contributed by atoms with van der Waals surface area (Å²) in [4.78, 5) is 0. The number of nitrogens with one attached hydrogen (secondary N) is 1. The molecule has 86 valence electrons. The van der Waals surface area contributed by atoms with E-state index in [0.29, 0.717) is 19.7 Å². The Labute approximate surface area is 86.9 Å². The maximum atomic E-state index is 11.6. The summed E-state index contributed by atoms with van der Waals surface area (Å²) in [6, 6.07) is 0. The lowest BCUT2D eigenvalue weighted by molar-refractivity contribution is 0.200. The first kappa shape index (κ1) is 13.9. The van der Waals surface area contributed by atoms with E-state index < -0.39 is 14.6 Å². The Kier molecular flexibility index (Phi) is 5.63. The van der Waals surface area contributed by atoms with Crippen LogP contribution in [-0.4, -0.2) is 45.7 Å². The summed E-state index contributed by atoms with van der Waals surface area (Å²) in [6.07, 6.45) is 0. The standard InChI is InChI=1S/C9H21NO3S/c1-9(2,3)14(11,12)8-6-10-5-7-13-4/h10H,5-8H2,1-4H3. The fourth-order valence-electron chi connectivity index (χ4n) is 0.812. The van der Waals surface area contributed by atoms with Crippen molar-refractivity contribution in [1.82, 2.24) is 5.32 Å². The van der Waals surface area contributed by atoms with E-state index in [2.05, 4.69) is 5.32 Å². The molecule has 0 fully saturated rings. The molecule has 5 heteroatoms. The highest BCUT2D eigenvalue weighted by atomic mass is 32.2. The van der Waals surface area contributed by atoms with Gasteiger partial charge in [0, 0.05) is 20.2 Å². The minimum Gasteiger partial charge on any atom is -0.383 e. The van der Waals surface area contributed by atoms with Gasteiger partial charge in [-0.2, -0.15) is 0 Å². The van der Waals surface area contributed by atoms with Gasteiger partial charge in [-0.1, -0.05) is 0 Å². The van der Waals surface area contributed by atoms with Gasteiger partial charge in [-0.25, -0.2) is 8.42 Å². The van der Waals surface area contributed by atoms with Gasteiger partial charge in [0.1, 0.15) is 0 Å². The van der Waals surface area contributed by atoms with Crippen molar-refractivity contribution >= 4 is 9.84 Å². The zero-order chi connectivity index (χ0) is 11.2. The van der Waals surface area contributed by atoms with Gasteiger partial charge < -0.3 is 10.1 Å². The van der Waals surface area contributed by atoms with Crippen LogP contribution in [0.1, 0.15) is 20.8 Å². The van der Waals surface area contributed by atoms with E-state index >= 15 is 0 Å². The first-order chi connectivity index (χ1) is 6.31. The molecular weight excluding hydrogens is 202 g/mol. The zero-order valence-corrected chi connectivity index (χ0v) is 10.3. The Bertz CT molecular complexity index is 241. The predicted molar refractivity (Wildman–Crippen MR) is 58.3 cm³/mol. The fourth-order valence-corrected chi connectivity index (χ4v) is 1.84. The molecule has 0 radical (unpaired) electrons. The van der Waals surface area contributed by atoms with Gasteiger partial charge in [0.15, 0.2) is 9.84 Å². The summed E-state index contributed by atoms with van der Waals surface area (Å²) in [5.74, 6) is 0.181. The van der Waals surface area contributed by atoms with Crippen molar-refractivity contribution in [3.63, 3.8) is 0 Å². The van der Waals surface area contributed by atoms with Gasteiger partial charge in [-0.15, -0.1) is 0 Å². The van der Waals surface area contributed by atoms with Crippen LogP contribution in [0.5, 0.6) is 0 Å². The summed E-state index contributed by atoms with van der Waals surface area (Å²) in [6.45, 7) is 6.95. The Balaban J connectivity index is 3.80. The molecule has 0 bridgehead atoms. The van der Waals surface area contributed by atoms with Crippen LogP contribution in [0.15, 0.2) is 0 Å². The van der Waals surface area contributed by atoms with Crippen molar-refractivity contribution in [3.8, 4) is 0 Å². The minimum atomic E-state index is -2.99. The molecule has 0 amide bonds. The van der Waals surface area contributed by atoms with E-state index in [-0.39, 0.29) is 5.75 Å². The average Bonchev–Trinajstić information content (AvgIpc) is 2.02. The highest BCUT2D eigenvalue weighted by Crippen LogP contribution is 2.14. The largest absolute Gasteiger partial charge is 0.383 e. The molecule has 0 heterocycles. The predicted octanol–water partition coefficient (Wildman–Crippen LogP) is 0.436. The van der Waals surface area contributed by atoms with Crippen molar-refractivity contribution < 1.29 is 13.2 Å². The third-order valence-electron chi connectivity index (χ3n) is 1.96. The molecule has 0 saturated carbocycles. The molecule has 0 aromatic carbocycles. The van der Waals surface area contributed by atoms with Gasteiger partial charge in [0.05, 0.1) is 17.1 Å². The fraction of sp³-hybridized carbons (Fsp3) is 1.00. The topological polar surface area (TPSA) is 55.4 Å². The molecule has 0 aliphatic heterocycles. The number of rotatable bonds is 6. The normalized spacial score (nSPS) is 13.1. The molecule has 0 spiro atoms. The van der Waals surface area contributed by atoms with Gasteiger partial charge in [0.2, 0.25) is 0 Å². The van der Waals surface area contributed by atoms with E-state index in [0.717, 1.165) is 0 Å². The summed E-state index contributed by atoms with van der Waals surface area (Å²) < 4.78 is 27.4. The molecule has 14 heavy (non-hydrogen) atoms. The SMILES string of the molecule is COCCNCCS(=O)(=O)C(C)(C)C. The molecule has 4 nitrogen and oxygen atoms in total. The van der Waals surface area contributed by atoms with Crippen molar-refractivity contribution in [2.24, 2.45) is 0 Å². The monoisotopic (exact) mass is 223 g/mol. The van der Waals surface area contributed by atoms with E-state index in [1.807, 2.05) is 0 Å². The molecule has 0 aromatic heterocycles. The molecule has 0 atom stereocenters. The van der Waals surface area contributed by atoms with E-state index in [1.165, 1.54) is 0 Å². The average molecular weight is 223 g/mol. The van der Waals surface area contributed by atoms with E-state index in [4.69, 9.17) is 4.74 Å². The molecule has 0 aliphatic carbocycles. The van der Waals surface area contributed by atoms with Crippen LogP contribution in [0.25, 0.3) is 0 Å². The smallest absolute Gasteiger partial charge is 0.156 e. The minimum absolute atomic E-state index is 0.181. The van der Waals surface area contributed by atoms with Crippen LogP contribution in [0.4, 0.5) is 0 Å². The number of hydrogen-bond acceptors (Lipinski definition) is 4. The molecule has 0 rings (SSSR count). The second kappa shape index (κ2) is 5.68. The molecule has 0 aromatic rings. The van der Waals surface area contributed by atoms with E-state index in [1.54, 1.807) is 27.9 Å². The van der Waals surface area contributed by atoms with Gasteiger partial charge in [-0.05, 0) is 20.8 Å². The first-order valence-corrected chi connectivity index (χ1v) is 6.38. The second-order valence-electron chi connectivity index (χ2n) is 4.17. The highest BCUT2D eigenvalue weighted by Gasteiger charge is 2.27. The van der Waals surface area contributed by atoms with Crippen LogP contribution in [0, 0.1) is 0 Å². The summed E-state index contributed by atoms with van der Waals surface area (Å²) in [5, 5.41) is 3.01. The lowest BCUT2D eigenvalue weighted by Gasteiger charge is -2.19. The maximum absolute atomic E-state index is 11.6.